The van der Waals surface area contributed by atoms with Crippen molar-refractivity contribution in [2.24, 2.45) is 0 Å². The number of anilines is 1. The molecule has 7 heteroatoms. The highest BCUT2D eigenvalue weighted by Crippen LogP contribution is 2.32. The SMILES string of the molecule is CCc1sc(NC(=O)c2cc3ccccc3oc2=O)nc1-c1ccc(Br)cc1. The van der Waals surface area contributed by atoms with E-state index in [1.807, 2.05) is 37.3 Å². The number of para-hydroxylation sites is 1. The third kappa shape index (κ3) is 3.63. The number of carbonyl (C=O) groups is 1. The summed E-state index contributed by atoms with van der Waals surface area (Å²) in [6, 6.07) is 16.5. The Morgan fingerprint density at radius 3 is 2.68 bits per heavy atom. The van der Waals surface area contributed by atoms with Crippen molar-refractivity contribution in [2.45, 2.75) is 13.3 Å². The molecule has 0 aliphatic heterocycles. The number of thiazole rings is 1. The number of carbonyl (C=O) groups excluding carboxylic acids is 1. The number of aryl methyl sites for hydroxylation is 1. The molecule has 2 aromatic heterocycles. The van der Waals surface area contributed by atoms with Crippen LogP contribution in [0.4, 0.5) is 5.13 Å². The number of nitrogens with one attached hydrogen (secondary N) is 1. The number of hydrogen-bond donors (Lipinski definition) is 1. The predicted octanol–water partition coefficient (Wildman–Crippen LogP) is 5.49. The highest BCUT2D eigenvalue weighted by molar-refractivity contribution is 9.10. The maximum atomic E-state index is 12.7. The van der Waals surface area contributed by atoms with Crippen LogP contribution in [0.25, 0.3) is 22.2 Å². The molecular weight excluding hydrogens is 440 g/mol. The fourth-order valence-electron chi connectivity index (χ4n) is 2.86. The summed E-state index contributed by atoms with van der Waals surface area (Å²) in [4.78, 5) is 30.5. The average Bonchev–Trinajstić information content (AvgIpc) is 3.10. The summed E-state index contributed by atoms with van der Waals surface area (Å²) in [5, 5.41) is 3.88. The minimum Gasteiger partial charge on any atom is -0.422 e. The molecule has 0 saturated carbocycles. The van der Waals surface area contributed by atoms with Gasteiger partial charge in [-0.25, -0.2) is 9.78 Å². The van der Waals surface area contributed by atoms with Crippen molar-refractivity contribution >= 4 is 49.3 Å². The molecule has 0 spiro atoms. The Balaban J connectivity index is 1.66. The molecule has 4 aromatic rings. The van der Waals surface area contributed by atoms with Crippen molar-refractivity contribution in [1.29, 1.82) is 0 Å². The molecule has 28 heavy (non-hydrogen) atoms. The average molecular weight is 455 g/mol. The zero-order chi connectivity index (χ0) is 19.7. The van der Waals surface area contributed by atoms with Crippen LogP contribution >= 0.6 is 27.3 Å². The smallest absolute Gasteiger partial charge is 0.349 e. The molecule has 2 aromatic carbocycles. The van der Waals surface area contributed by atoms with Gasteiger partial charge in [-0.2, -0.15) is 0 Å². The van der Waals surface area contributed by atoms with Crippen LogP contribution in [0.1, 0.15) is 22.2 Å². The van der Waals surface area contributed by atoms with E-state index >= 15 is 0 Å². The van der Waals surface area contributed by atoms with Crippen molar-refractivity contribution in [3.05, 3.63) is 79.9 Å². The Morgan fingerprint density at radius 1 is 1.18 bits per heavy atom. The van der Waals surface area contributed by atoms with Gasteiger partial charge in [0, 0.05) is 20.3 Å². The molecule has 0 saturated heterocycles. The van der Waals surface area contributed by atoms with E-state index < -0.39 is 11.5 Å². The molecule has 2 heterocycles. The number of nitrogens with zero attached hydrogens (tertiary/aromatic N) is 1. The van der Waals surface area contributed by atoms with Crippen LogP contribution in [0.15, 0.2) is 68.3 Å². The van der Waals surface area contributed by atoms with Crippen molar-refractivity contribution in [1.82, 2.24) is 4.98 Å². The molecule has 140 valence electrons. The van der Waals surface area contributed by atoms with Gasteiger partial charge in [-0.15, -0.1) is 11.3 Å². The molecule has 0 radical (unpaired) electrons. The standard InChI is InChI=1S/C21H15BrN2O3S/c1-2-17-18(12-7-9-14(22)10-8-12)23-21(28-17)24-19(25)15-11-13-5-3-4-6-16(13)27-20(15)26/h3-11H,2H2,1H3,(H,23,24,25). The van der Waals surface area contributed by atoms with E-state index in [0.717, 1.165) is 27.0 Å². The molecule has 0 unspecified atom stereocenters. The Hall–Kier alpha value is -2.77. The first-order valence-corrected chi connectivity index (χ1v) is 10.3. The normalized spacial score (nSPS) is 10.9. The number of hydrogen-bond acceptors (Lipinski definition) is 5. The maximum Gasteiger partial charge on any atom is 0.349 e. The third-order valence-corrected chi connectivity index (χ3v) is 5.89. The lowest BCUT2D eigenvalue weighted by molar-refractivity contribution is 0.102. The molecule has 0 fully saturated rings. The number of aromatic nitrogens is 1. The minimum absolute atomic E-state index is 0.0443. The van der Waals surface area contributed by atoms with Crippen LogP contribution in [0, 0.1) is 0 Å². The number of benzene rings is 2. The van der Waals surface area contributed by atoms with Crippen LogP contribution in [0.2, 0.25) is 0 Å². The molecule has 0 aliphatic rings. The highest BCUT2D eigenvalue weighted by Gasteiger charge is 2.18. The van der Waals surface area contributed by atoms with Crippen LogP contribution in [-0.4, -0.2) is 10.9 Å². The van der Waals surface area contributed by atoms with E-state index in [2.05, 4.69) is 26.2 Å². The fraction of sp³-hybridized carbons (Fsp3) is 0.0952. The van der Waals surface area contributed by atoms with Gasteiger partial charge in [0.1, 0.15) is 11.1 Å². The molecule has 0 bridgehead atoms. The third-order valence-electron chi connectivity index (χ3n) is 4.24. The fourth-order valence-corrected chi connectivity index (χ4v) is 4.05. The number of fused-ring (bicyclic) bond motifs is 1. The van der Waals surface area contributed by atoms with E-state index in [1.165, 1.54) is 11.3 Å². The second-order valence-corrected chi connectivity index (χ2v) is 8.09. The summed E-state index contributed by atoms with van der Waals surface area (Å²) in [6.45, 7) is 2.04. The number of halogens is 1. The van der Waals surface area contributed by atoms with Gasteiger partial charge in [0.15, 0.2) is 5.13 Å². The zero-order valence-electron chi connectivity index (χ0n) is 14.9. The maximum absolute atomic E-state index is 12.7. The lowest BCUT2D eigenvalue weighted by atomic mass is 10.1. The largest absolute Gasteiger partial charge is 0.422 e. The Bertz CT molecular complexity index is 1230. The van der Waals surface area contributed by atoms with Crippen molar-refractivity contribution in [2.75, 3.05) is 5.32 Å². The molecule has 1 N–H and O–H groups in total. The number of amides is 1. The molecule has 5 nitrogen and oxygen atoms in total. The lowest BCUT2D eigenvalue weighted by Gasteiger charge is -2.02. The molecule has 4 rings (SSSR count). The van der Waals surface area contributed by atoms with Gasteiger partial charge in [-0.05, 0) is 30.7 Å². The van der Waals surface area contributed by atoms with E-state index in [-0.39, 0.29) is 5.56 Å². The summed E-state index contributed by atoms with van der Waals surface area (Å²) < 4.78 is 6.23. The van der Waals surface area contributed by atoms with E-state index in [4.69, 9.17) is 4.42 Å². The Morgan fingerprint density at radius 2 is 1.93 bits per heavy atom. The van der Waals surface area contributed by atoms with Crippen molar-refractivity contribution in [3.8, 4) is 11.3 Å². The first-order valence-electron chi connectivity index (χ1n) is 8.65. The second-order valence-electron chi connectivity index (χ2n) is 6.09. The van der Waals surface area contributed by atoms with Gasteiger partial charge in [0.2, 0.25) is 0 Å². The van der Waals surface area contributed by atoms with E-state index in [1.54, 1.807) is 24.3 Å². The van der Waals surface area contributed by atoms with Gasteiger partial charge in [-0.1, -0.05) is 53.2 Å². The number of rotatable bonds is 4. The molecule has 1 amide bonds. The topological polar surface area (TPSA) is 72.2 Å². The van der Waals surface area contributed by atoms with Gasteiger partial charge < -0.3 is 4.42 Å². The lowest BCUT2D eigenvalue weighted by Crippen LogP contribution is -2.20. The predicted molar refractivity (Wildman–Crippen MR) is 115 cm³/mol. The first kappa shape index (κ1) is 18.6. The van der Waals surface area contributed by atoms with Crippen LogP contribution in [-0.2, 0) is 6.42 Å². The Labute approximate surface area is 173 Å². The quantitative estimate of drug-likeness (QED) is 0.413. The summed E-state index contributed by atoms with van der Waals surface area (Å²) in [7, 11) is 0. The van der Waals surface area contributed by atoms with Gasteiger partial charge in [0.25, 0.3) is 5.91 Å². The van der Waals surface area contributed by atoms with Crippen molar-refractivity contribution < 1.29 is 9.21 Å². The zero-order valence-corrected chi connectivity index (χ0v) is 17.3. The first-order chi connectivity index (χ1) is 13.5. The van der Waals surface area contributed by atoms with Crippen LogP contribution in [0.5, 0.6) is 0 Å². The van der Waals surface area contributed by atoms with E-state index in [9.17, 15) is 9.59 Å². The second kappa shape index (κ2) is 7.69. The van der Waals surface area contributed by atoms with Gasteiger partial charge >= 0.3 is 5.63 Å². The van der Waals surface area contributed by atoms with Crippen LogP contribution in [0.3, 0.4) is 0 Å². The molecular formula is C21H15BrN2O3S. The van der Waals surface area contributed by atoms with Crippen molar-refractivity contribution in [3.63, 3.8) is 0 Å². The van der Waals surface area contributed by atoms with E-state index in [0.29, 0.717) is 16.1 Å². The molecule has 0 aliphatic carbocycles. The Kier molecular flexibility index (Phi) is 5.11. The summed E-state index contributed by atoms with van der Waals surface area (Å²) >= 11 is 4.83. The summed E-state index contributed by atoms with van der Waals surface area (Å²) in [5.41, 5.74) is 1.54. The summed E-state index contributed by atoms with van der Waals surface area (Å²) in [5.74, 6) is -0.529. The molecule has 0 atom stereocenters. The monoisotopic (exact) mass is 454 g/mol. The van der Waals surface area contributed by atoms with Gasteiger partial charge in [-0.3, -0.25) is 10.1 Å². The minimum atomic E-state index is -0.670. The van der Waals surface area contributed by atoms with Crippen LogP contribution < -0.4 is 10.9 Å². The summed E-state index contributed by atoms with van der Waals surface area (Å²) in [6.07, 6.45) is 0.789. The van der Waals surface area contributed by atoms with Gasteiger partial charge in [0.05, 0.1) is 5.69 Å². The highest BCUT2D eigenvalue weighted by atomic mass is 79.9.